The van der Waals surface area contributed by atoms with E-state index in [9.17, 15) is 35.9 Å². The molecule has 0 radical (unpaired) electrons. The van der Waals surface area contributed by atoms with Crippen LogP contribution in [-0.4, -0.2) is 45.6 Å². The van der Waals surface area contributed by atoms with Gasteiger partial charge in [-0.15, -0.1) is 0 Å². The summed E-state index contributed by atoms with van der Waals surface area (Å²) >= 11 is 0. The van der Waals surface area contributed by atoms with Crippen LogP contribution in [0.4, 0.5) is 26.3 Å². The zero-order valence-corrected chi connectivity index (χ0v) is 22.9. The standard InChI is InChI=1S/C29H26F6N6O2/c1-40(2)13-18-14-41(39-27(18)29(33,34)35)15-25(42)38-24(10-16-8-19(30)12-20(31)9-16)26-21(4-3-7-37-26)17-5-6-23(32)22(11-17)28(36)43/h3-9,11-12,14,24H,10,13,15H2,1-2H3,(H2,36,43)(H,38,42). The van der Waals surface area contributed by atoms with E-state index in [1.807, 2.05) is 0 Å². The Morgan fingerprint density at radius 1 is 1.05 bits per heavy atom. The monoisotopic (exact) mass is 604 g/mol. The maximum Gasteiger partial charge on any atom is 0.435 e. The number of nitrogens with one attached hydrogen (secondary N) is 1. The molecule has 2 amide bonds. The molecule has 1 atom stereocenters. The lowest BCUT2D eigenvalue weighted by Crippen LogP contribution is -2.34. The van der Waals surface area contributed by atoms with Crippen LogP contribution in [0.3, 0.4) is 0 Å². The Balaban J connectivity index is 1.72. The minimum atomic E-state index is -4.75. The Bertz CT molecular complexity index is 1630. The number of benzene rings is 2. The van der Waals surface area contributed by atoms with Gasteiger partial charge in [-0.1, -0.05) is 12.1 Å². The lowest BCUT2D eigenvalue weighted by molar-refractivity contribution is -0.142. The predicted molar refractivity (Wildman–Crippen MR) is 144 cm³/mol. The van der Waals surface area contributed by atoms with Gasteiger partial charge in [-0.3, -0.25) is 19.3 Å². The summed E-state index contributed by atoms with van der Waals surface area (Å²) < 4.78 is 83.8. The topological polar surface area (TPSA) is 106 Å². The fraction of sp³-hybridized carbons (Fsp3) is 0.241. The van der Waals surface area contributed by atoms with Crippen molar-refractivity contribution < 1.29 is 35.9 Å². The van der Waals surface area contributed by atoms with E-state index < -0.39 is 59.3 Å². The van der Waals surface area contributed by atoms with Crippen molar-refractivity contribution in [2.45, 2.75) is 31.7 Å². The molecule has 14 heteroatoms. The third-order valence-electron chi connectivity index (χ3n) is 6.31. The molecule has 0 saturated heterocycles. The van der Waals surface area contributed by atoms with Crippen LogP contribution in [0.25, 0.3) is 11.1 Å². The van der Waals surface area contributed by atoms with Crippen molar-refractivity contribution in [1.29, 1.82) is 0 Å². The zero-order chi connectivity index (χ0) is 31.5. The molecular weight excluding hydrogens is 578 g/mol. The van der Waals surface area contributed by atoms with Crippen molar-refractivity contribution in [3.8, 4) is 11.1 Å². The third-order valence-corrected chi connectivity index (χ3v) is 6.31. The quantitative estimate of drug-likeness (QED) is 0.257. The smallest absolute Gasteiger partial charge is 0.366 e. The van der Waals surface area contributed by atoms with Gasteiger partial charge >= 0.3 is 6.18 Å². The normalized spacial score (nSPS) is 12.4. The summed E-state index contributed by atoms with van der Waals surface area (Å²) in [6, 6.07) is 8.42. The van der Waals surface area contributed by atoms with Gasteiger partial charge in [0, 0.05) is 36.1 Å². The molecule has 2 heterocycles. The van der Waals surface area contributed by atoms with Gasteiger partial charge in [0.05, 0.1) is 17.3 Å². The summed E-state index contributed by atoms with van der Waals surface area (Å²) in [5.74, 6) is -4.38. The maximum atomic E-state index is 14.2. The Kier molecular flexibility index (Phi) is 9.19. The summed E-state index contributed by atoms with van der Waals surface area (Å²) in [5.41, 5.74) is 4.58. The second-order valence-corrected chi connectivity index (χ2v) is 10.0. The molecule has 3 N–H and O–H groups in total. The average molecular weight is 605 g/mol. The molecule has 0 aliphatic rings. The highest BCUT2D eigenvalue weighted by Gasteiger charge is 2.37. The molecule has 4 aromatic rings. The molecule has 8 nitrogen and oxygen atoms in total. The molecule has 1 unspecified atom stereocenters. The van der Waals surface area contributed by atoms with E-state index in [1.165, 1.54) is 23.2 Å². The Hall–Kier alpha value is -4.72. The van der Waals surface area contributed by atoms with Crippen LogP contribution in [-0.2, 0) is 30.5 Å². The van der Waals surface area contributed by atoms with Gasteiger partial charge in [0.25, 0.3) is 5.91 Å². The number of pyridine rings is 1. The lowest BCUT2D eigenvalue weighted by Gasteiger charge is -2.22. The number of aromatic nitrogens is 3. The minimum absolute atomic E-state index is 0.0769. The second kappa shape index (κ2) is 12.7. The van der Waals surface area contributed by atoms with Crippen LogP contribution in [0.15, 0.2) is 60.9 Å². The zero-order valence-electron chi connectivity index (χ0n) is 22.9. The molecule has 0 bridgehead atoms. The van der Waals surface area contributed by atoms with Crippen molar-refractivity contribution >= 4 is 11.8 Å². The number of hydrogen-bond donors (Lipinski definition) is 2. The second-order valence-electron chi connectivity index (χ2n) is 10.0. The first kappa shape index (κ1) is 31.2. The molecule has 0 aliphatic heterocycles. The number of carbonyl (C=O) groups excluding carboxylic acids is 2. The van der Waals surface area contributed by atoms with Crippen molar-refractivity contribution in [2.75, 3.05) is 14.1 Å². The summed E-state index contributed by atoms with van der Waals surface area (Å²) in [6.07, 6.45) is -2.43. The number of carbonyl (C=O) groups is 2. The highest BCUT2D eigenvalue weighted by molar-refractivity contribution is 5.94. The summed E-state index contributed by atoms with van der Waals surface area (Å²) in [5, 5.41) is 6.24. The van der Waals surface area contributed by atoms with Crippen LogP contribution in [0.5, 0.6) is 0 Å². The average Bonchev–Trinajstić information content (AvgIpc) is 3.29. The number of alkyl halides is 3. The van der Waals surface area contributed by atoms with E-state index in [-0.39, 0.29) is 29.8 Å². The molecule has 2 aromatic heterocycles. The van der Waals surface area contributed by atoms with Crippen molar-refractivity contribution in [3.63, 3.8) is 0 Å². The molecule has 0 saturated carbocycles. The molecule has 226 valence electrons. The van der Waals surface area contributed by atoms with Gasteiger partial charge in [0.1, 0.15) is 24.0 Å². The molecule has 4 rings (SSSR count). The first-order chi connectivity index (χ1) is 20.2. The predicted octanol–water partition coefficient (Wildman–Crippen LogP) is 4.64. The summed E-state index contributed by atoms with van der Waals surface area (Å²) in [7, 11) is 3.17. The van der Waals surface area contributed by atoms with Crippen molar-refractivity contribution in [3.05, 3.63) is 106 Å². The molecular formula is C29H26F6N6O2. The molecule has 2 aromatic carbocycles. The molecule has 43 heavy (non-hydrogen) atoms. The van der Waals surface area contributed by atoms with Crippen LogP contribution < -0.4 is 11.1 Å². The van der Waals surface area contributed by atoms with Crippen molar-refractivity contribution in [2.24, 2.45) is 5.73 Å². The van der Waals surface area contributed by atoms with Crippen molar-refractivity contribution in [1.82, 2.24) is 25.0 Å². The number of hydrogen-bond acceptors (Lipinski definition) is 5. The highest BCUT2D eigenvalue weighted by Crippen LogP contribution is 2.32. The largest absolute Gasteiger partial charge is 0.435 e. The Labute approximate surface area is 242 Å². The van der Waals surface area contributed by atoms with Gasteiger partial charge in [0.2, 0.25) is 5.91 Å². The molecule has 0 fully saturated rings. The first-order valence-electron chi connectivity index (χ1n) is 12.8. The number of primary amides is 1. The van der Waals surface area contributed by atoms with Gasteiger partial charge < -0.3 is 16.0 Å². The van der Waals surface area contributed by atoms with Crippen LogP contribution in [0.1, 0.15) is 38.9 Å². The summed E-state index contributed by atoms with van der Waals surface area (Å²) in [4.78, 5) is 30.8. The van der Waals surface area contributed by atoms with Gasteiger partial charge in [-0.2, -0.15) is 18.3 Å². The van der Waals surface area contributed by atoms with E-state index >= 15 is 0 Å². The summed E-state index contributed by atoms with van der Waals surface area (Å²) in [6.45, 7) is -0.693. The van der Waals surface area contributed by atoms with Gasteiger partial charge in [-0.25, -0.2) is 13.2 Å². The lowest BCUT2D eigenvalue weighted by atomic mass is 9.94. The highest BCUT2D eigenvalue weighted by atomic mass is 19.4. The first-order valence-corrected chi connectivity index (χ1v) is 12.8. The Morgan fingerprint density at radius 2 is 1.74 bits per heavy atom. The van der Waals surface area contributed by atoms with Crippen LogP contribution in [0.2, 0.25) is 0 Å². The minimum Gasteiger partial charge on any atom is -0.366 e. The number of rotatable bonds is 10. The fourth-order valence-corrected chi connectivity index (χ4v) is 4.63. The number of nitrogens with zero attached hydrogens (tertiary/aromatic N) is 4. The van der Waals surface area contributed by atoms with E-state index in [0.717, 1.165) is 29.1 Å². The van der Waals surface area contributed by atoms with Gasteiger partial charge in [0.15, 0.2) is 5.69 Å². The molecule has 0 aliphatic carbocycles. The van der Waals surface area contributed by atoms with Gasteiger partial charge in [-0.05, 0) is 62.0 Å². The number of halogens is 6. The SMILES string of the molecule is CN(C)Cc1cn(CC(=O)NC(Cc2cc(F)cc(F)c2)c2ncccc2-c2ccc(F)c(C(N)=O)c2)nc1C(F)(F)F. The number of amides is 2. The third kappa shape index (κ3) is 7.77. The Morgan fingerprint density at radius 3 is 2.37 bits per heavy atom. The van der Waals surface area contributed by atoms with E-state index in [0.29, 0.717) is 17.2 Å². The van der Waals surface area contributed by atoms with E-state index in [2.05, 4.69) is 15.4 Å². The number of nitrogens with two attached hydrogens (primary N) is 1. The van der Waals surface area contributed by atoms with E-state index in [1.54, 1.807) is 26.2 Å². The van der Waals surface area contributed by atoms with Crippen LogP contribution >= 0.6 is 0 Å². The maximum absolute atomic E-state index is 14.2. The fourth-order valence-electron chi connectivity index (χ4n) is 4.63. The van der Waals surface area contributed by atoms with Crippen LogP contribution in [0, 0.1) is 17.5 Å². The molecule has 0 spiro atoms. The van der Waals surface area contributed by atoms with E-state index in [4.69, 9.17) is 5.73 Å².